The van der Waals surface area contributed by atoms with Crippen molar-refractivity contribution in [3.8, 4) is 5.75 Å². The van der Waals surface area contributed by atoms with Crippen molar-refractivity contribution in [3.63, 3.8) is 0 Å². The molecule has 5 N–H and O–H groups in total. The highest BCUT2D eigenvalue weighted by Crippen LogP contribution is 2.16. The summed E-state index contributed by atoms with van der Waals surface area (Å²) in [5.74, 6) is -2.61. The average molecular weight is 808 g/mol. The molecule has 0 bridgehead atoms. The van der Waals surface area contributed by atoms with Gasteiger partial charge in [0.2, 0.25) is 23.6 Å². The summed E-state index contributed by atoms with van der Waals surface area (Å²) < 4.78 is 16.7. The lowest BCUT2D eigenvalue weighted by Gasteiger charge is -2.22. The highest BCUT2D eigenvalue weighted by atomic mass is 16.5. The van der Waals surface area contributed by atoms with E-state index in [-0.39, 0.29) is 32.0 Å². The Bertz CT molecular complexity index is 1960. The number of amides is 5. The molecule has 14 heteroatoms. The maximum atomic E-state index is 13.3. The van der Waals surface area contributed by atoms with Crippen LogP contribution >= 0.6 is 0 Å². The van der Waals surface area contributed by atoms with Crippen LogP contribution in [0.1, 0.15) is 56.4 Å². The van der Waals surface area contributed by atoms with E-state index in [0.29, 0.717) is 12.4 Å². The number of rotatable bonds is 21. The van der Waals surface area contributed by atoms with Crippen molar-refractivity contribution in [2.45, 2.75) is 84.5 Å². The molecule has 312 valence electrons. The zero-order chi connectivity index (χ0) is 42.6. The van der Waals surface area contributed by atoms with E-state index in [9.17, 15) is 28.8 Å². The smallest absolute Gasteiger partial charge is 0.408 e. The maximum Gasteiger partial charge on any atom is 0.408 e. The lowest BCUT2D eigenvalue weighted by atomic mass is 10.0. The second-order valence-corrected chi connectivity index (χ2v) is 14.4. The number of carbonyl (C=O) groups excluding carboxylic acids is 6. The fourth-order valence-electron chi connectivity index (χ4n) is 5.69. The number of nitrogens with one attached hydrogen (secondary N) is 5. The number of ether oxygens (including phenoxy) is 3. The molecule has 5 amide bonds. The molecule has 0 aliphatic carbocycles. The highest BCUT2D eigenvalue weighted by molar-refractivity contribution is 5.94. The third-order valence-corrected chi connectivity index (χ3v) is 8.91. The van der Waals surface area contributed by atoms with E-state index < -0.39 is 66.4 Å². The SMILES string of the molecule is CC(C)C[C@H](NC(=O)OCc1ccccc1)C(=O)N[C@@H](C)C(=O)NCC(=O)N[C@@H](C)C(=O)N[C@@H](Cc1ccc(OCc2ccccc2)cc1)C(=O)OCc1ccccc1. The van der Waals surface area contributed by atoms with Crippen LogP contribution in [-0.2, 0) is 59.7 Å². The number of hydrogen-bond donors (Lipinski definition) is 5. The van der Waals surface area contributed by atoms with E-state index in [1.165, 1.54) is 13.8 Å². The zero-order valence-corrected chi connectivity index (χ0v) is 33.8. The van der Waals surface area contributed by atoms with E-state index >= 15 is 0 Å². The van der Waals surface area contributed by atoms with Crippen LogP contribution in [0.2, 0.25) is 0 Å². The minimum absolute atomic E-state index is 0.000633. The van der Waals surface area contributed by atoms with Crippen LogP contribution in [0.4, 0.5) is 4.79 Å². The Morgan fingerprint density at radius 3 is 1.59 bits per heavy atom. The highest BCUT2D eigenvalue weighted by Gasteiger charge is 2.28. The van der Waals surface area contributed by atoms with Gasteiger partial charge in [-0.25, -0.2) is 9.59 Å². The molecular weight excluding hydrogens is 755 g/mol. The van der Waals surface area contributed by atoms with Gasteiger partial charge in [0.15, 0.2) is 0 Å². The Kier molecular flexibility index (Phi) is 17.9. The first kappa shape index (κ1) is 45.0. The van der Waals surface area contributed by atoms with Gasteiger partial charge in [-0.15, -0.1) is 0 Å². The first-order valence-electron chi connectivity index (χ1n) is 19.5. The van der Waals surface area contributed by atoms with Crippen molar-refractivity contribution in [3.05, 3.63) is 138 Å². The third kappa shape index (κ3) is 16.4. The van der Waals surface area contributed by atoms with Gasteiger partial charge in [-0.3, -0.25) is 19.2 Å². The molecule has 0 heterocycles. The van der Waals surface area contributed by atoms with Crippen molar-refractivity contribution in [2.24, 2.45) is 5.92 Å². The molecule has 0 aromatic heterocycles. The normalized spacial score (nSPS) is 12.8. The molecule has 4 atom stereocenters. The van der Waals surface area contributed by atoms with Crippen LogP contribution in [0.5, 0.6) is 5.75 Å². The molecule has 0 aliphatic rings. The first-order chi connectivity index (χ1) is 28.4. The quantitative estimate of drug-likeness (QED) is 0.0755. The molecule has 0 radical (unpaired) electrons. The topological polar surface area (TPSA) is 190 Å². The number of hydrogen-bond acceptors (Lipinski definition) is 9. The molecule has 0 aliphatic heterocycles. The van der Waals surface area contributed by atoms with Crippen molar-refractivity contribution >= 4 is 35.7 Å². The maximum absolute atomic E-state index is 13.3. The number of alkyl carbamates (subject to hydrolysis) is 1. The lowest BCUT2D eigenvalue weighted by Crippen LogP contribution is -2.55. The van der Waals surface area contributed by atoms with Crippen molar-refractivity contribution in [1.29, 1.82) is 0 Å². The van der Waals surface area contributed by atoms with Gasteiger partial charge in [-0.05, 0) is 60.6 Å². The summed E-state index contributed by atoms with van der Waals surface area (Å²) in [6.45, 7) is 6.55. The van der Waals surface area contributed by atoms with Crippen molar-refractivity contribution in [1.82, 2.24) is 26.6 Å². The molecule has 0 saturated carbocycles. The van der Waals surface area contributed by atoms with Gasteiger partial charge in [0.1, 0.15) is 49.7 Å². The molecule has 14 nitrogen and oxygen atoms in total. The molecule has 0 unspecified atom stereocenters. The van der Waals surface area contributed by atoms with Gasteiger partial charge in [-0.2, -0.15) is 0 Å². The Morgan fingerprint density at radius 1 is 0.508 bits per heavy atom. The van der Waals surface area contributed by atoms with Crippen LogP contribution in [-0.4, -0.2) is 66.4 Å². The van der Waals surface area contributed by atoms with Gasteiger partial charge >= 0.3 is 12.1 Å². The summed E-state index contributed by atoms with van der Waals surface area (Å²) in [6.07, 6.45) is -0.401. The van der Waals surface area contributed by atoms with E-state index in [2.05, 4.69) is 26.6 Å². The number of carbonyl (C=O) groups is 6. The number of benzene rings is 4. The van der Waals surface area contributed by atoms with Crippen LogP contribution in [0.25, 0.3) is 0 Å². The van der Waals surface area contributed by atoms with E-state index in [1.54, 1.807) is 36.4 Å². The molecular formula is C45H53N5O9. The summed E-state index contributed by atoms with van der Waals surface area (Å²) in [7, 11) is 0. The fourth-order valence-corrected chi connectivity index (χ4v) is 5.69. The van der Waals surface area contributed by atoms with Crippen molar-refractivity contribution in [2.75, 3.05) is 6.54 Å². The predicted octanol–water partition coefficient (Wildman–Crippen LogP) is 4.50. The van der Waals surface area contributed by atoms with Gasteiger partial charge in [-0.1, -0.05) is 117 Å². The lowest BCUT2D eigenvalue weighted by molar-refractivity contribution is -0.149. The third-order valence-electron chi connectivity index (χ3n) is 8.91. The standard InChI is InChI=1S/C45H53N5O9/c1-30(2)24-38(50-45(56)59-29-36-18-12-7-13-19-36)43(54)48-31(3)41(52)46-26-40(51)47-32(4)42(53)49-39(44(55)58-28-35-16-10-6-11-17-35)25-33-20-22-37(23-21-33)57-27-34-14-8-5-9-15-34/h5-23,30-32,38-39H,24-29H2,1-4H3,(H,46,52)(H,47,51)(H,48,54)(H,49,53)(H,50,56)/t31-,32-,38-,39-/m0/s1. The average Bonchev–Trinajstić information content (AvgIpc) is 3.24. The summed E-state index contributed by atoms with van der Waals surface area (Å²) in [5.41, 5.74) is 3.30. The van der Waals surface area contributed by atoms with Crippen LogP contribution in [0.15, 0.2) is 115 Å². The Labute approximate surface area is 344 Å². The molecule has 59 heavy (non-hydrogen) atoms. The minimum atomic E-state index is -1.10. The fraction of sp³-hybridized carbons (Fsp3) is 0.333. The summed E-state index contributed by atoms with van der Waals surface area (Å²) in [5, 5.41) is 12.8. The van der Waals surface area contributed by atoms with Gasteiger partial charge in [0, 0.05) is 6.42 Å². The molecule has 0 spiro atoms. The van der Waals surface area contributed by atoms with Crippen LogP contribution < -0.4 is 31.3 Å². The molecule has 4 aromatic rings. The molecule has 0 fully saturated rings. The molecule has 4 rings (SSSR count). The minimum Gasteiger partial charge on any atom is -0.489 e. The van der Waals surface area contributed by atoms with Crippen LogP contribution in [0, 0.1) is 5.92 Å². The zero-order valence-electron chi connectivity index (χ0n) is 33.8. The Balaban J connectivity index is 1.27. The van der Waals surface area contributed by atoms with Gasteiger partial charge in [0.25, 0.3) is 0 Å². The summed E-state index contributed by atoms with van der Waals surface area (Å²) in [4.78, 5) is 77.9. The second kappa shape index (κ2) is 23.5. The monoisotopic (exact) mass is 807 g/mol. The largest absolute Gasteiger partial charge is 0.489 e. The Morgan fingerprint density at radius 2 is 1.03 bits per heavy atom. The van der Waals surface area contributed by atoms with Gasteiger partial charge < -0.3 is 40.8 Å². The van der Waals surface area contributed by atoms with Crippen LogP contribution in [0.3, 0.4) is 0 Å². The first-order valence-corrected chi connectivity index (χ1v) is 19.5. The van der Waals surface area contributed by atoms with Gasteiger partial charge in [0.05, 0.1) is 6.54 Å². The molecule has 4 aromatic carbocycles. The van der Waals surface area contributed by atoms with Crippen molar-refractivity contribution < 1.29 is 43.0 Å². The Hall–Kier alpha value is -6.70. The predicted molar refractivity (Wildman–Crippen MR) is 220 cm³/mol. The van der Waals surface area contributed by atoms with E-state index in [4.69, 9.17) is 14.2 Å². The summed E-state index contributed by atoms with van der Waals surface area (Å²) in [6, 6.07) is 30.8. The number of esters is 1. The second-order valence-electron chi connectivity index (χ2n) is 14.4. The summed E-state index contributed by atoms with van der Waals surface area (Å²) >= 11 is 0. The van der Waals surface area contributed by atoms with E-state index in [0.717, 1.165) is 22.3 Å². The molecule has 0 saturated heterocycles. The van der Waals surface area contributed by atoms with E-state index in [1.807, 2.05) is 92.7 Å².